The van der Waals surface area contributed by atoms with Gasteiger partial charge < -0.3 is 9.47 Å². The van der Waals surface area contributed by atoms with Gasteiger partial charge in [-0.1, -0.05) is 12.1 Å². The number of methoxy groups -OCH3 is 1. The summed E-state index contributed by atoms with van der Waals surface area (Å²) in [4.78, 5) is 0. The van der Waals surface area contributed by atoms with Crippen molar-refractivity contribution in [1.29, 1.82) is 0 Å². The second-order valence-electron chi connectivity index (χ2n) is 4.00. The van der Waals surface area contributed by atoms with E-state index in [1.54, 1.807) is 13.3 Å². The Hall–Kier alpha value is -1.02. The van der Waals surface area contributed by atoms with Crippen molar-refractivity contribution in [3.05, 3.63) is 11.9 Å². The Morgan fingerprint density at radius 2 is 2.28 bits per heavy atom. The van der Waals surface area contributed by atoms with E-state index < -0.39 is 0 Å². The van der Waals surface area contributed by atoms with Crippen molar-refractivity contribution in [3.8, 4) is 0 Å². The Bertz CT molecular complexity index is 318. The third-order valence-electron chi connectivity index (χ3n) is 2.62. The molecule has 104 valence electrons. The van der Waals surface area contributed by atoms with Crippen LogP contribution in [0.15, 0.2) is 6.20 Å². The summed E-state index contributed by atoms with van der Waals surface area (Å²) in [6.07, 6.45) is 3.53. The molecular weight excluding hydrogens is 234 g/mol. The van der Waals surface area contributed by atoms with Gasteiger partial charge in [-0.25, -0.2) is 4.68 Å². The molecule has 18 heavy (non-hydrogen) atoms. The summed E-state index contributed by atoms with van der Waals surface area (Å²) in [5.74, 6) is 5.57. The predicted molar refractivity (Wildman–Crippen MR) is 67.7 cm³/mol. The van der Waals surface area contributed by atoms with Crippen molar-refractivity contribution in [2.75, 3.05) is 26.9 Å². The summed E-state index contributed by atoms with van der Waals surface area (Å²) in [7, 11) is 1.66. The average Bonchev–Trinajstić information content (AvgIpc) is 2.83. The Balaban J connectivity index is 2.41. The van der Waals surface area contributed by atoms with Gasteiger partial charge in [0.25, 0.3) is 0 Å². The highest BCUT2D eigenvalue weighted by Crippen LogP contribution is 2.14. The zero-order valence-electron chi connectivity index (χ0n) is 11.1. The molecular formula is C11H23N5O2. The van der Waals surface area contributed by atoms with Crippen molar-refractivity contribution >= 4 is 0 Å². The molecule has 0 aliphatic rings. The van der Waals surface area contributed by atoms with E-state index in [4.69, 9.17) is 15.3 Å². The lowest BCUT2D eigenvalue weighted by Gasteiger charge is -2.16. The van der Waals surface area contributed by atoms with Crippen LogP contribution in [-0.2, 0) is 16.0 Å². The van der Waals surface area contributed by atoms with E-state index in [9.17, 15) is 0 Å². The van der Waals surface area contributed by atoms with Gasteiger partial charge in [0, 0.05) is 20.3 Å². The SMILES string of the molecule is CCCn1nncc1C(CCOCCOC)NN. The van der Waals surface area contributed by atoms with Gasteiger partial charge >= 0.3 is 0 Å². The van der Waals surface area contributed by atoms with Crippen molar-refractivity contribution in [2.24, 2.45) is 5.84 Å². The number of aromatic nitrogens is 3. The van der Waals surface area contributed by atoms with Crippen LogP contribution >= 0.6 is 0 Å². The topological polar surface area (TPSA) is 87.2 Å². The molecule has 0 fully saturated rings. The molecule has 3 N–H and O–H groups in total. The fourth-order valence-corrected chi connectivity index (χ4v) is 1.68. The van der Waals surface area contributed by atoms with Crippen LogP contribution in [0.1, 0.15) is 31.5 Å². The minimum Gasteiger partial charge on any atom is -0.382 e. The van der Waals surface area contributed by atoms with E-state index in [-0.39, 0.29) is 6.04 Å². The summed E-state index contributed by atoms with van der Waals surface area (Å²) >= 11 is 0. The molecule has 1 aromatic rings. The van der Waals surface area contributed by atoms with E-state index in [0.717, 1.165) is 25.1 Å². The molecule has 7 nitrogen and oxygen atoms in total. The van der Waals surface area contributed by atoms with Gasteiger partial charge in [-0.2, -0.15) is 0 Å². The smallest absolute Gasteiger partial charge is 0.0770 e. The summed E-state index contributed by atoms with van der Waals surface area (Å²) < 4.78 is 12.2. The van der Waals surface area contributed by atoms with E-state index in [0.29, 0.717) is 19.8 Å². The molecule has 1 rings (SSSR count). The Morgan fingerprint density at radius 3 is 2.94 bits per heavy atom. The normalized spacial score (nSPS) is 12.8. The molecule has 0 aliphatic carbocycles. The number of hydrazine groups is 1. The average molecular weight is 257 g/mol. The lowest BCUT2D eigenvalue weighted by Crippen LogP contribution is -2.31. The summed E-state index contributed by atoms with van der Waals surface area (Å²) in [6.45, 7) is 4.77. The fraction of sp³-hybridized carbons (Fsp3) is 0.818. The highest BCUT2D eigenvalue weighted by molar-refractivity contribution is 5.01. The summed E-state index contributed by atoms with van der Waals surface area (Å²) in [6, 6.07) is 0.00842. The lowest BCUT2D eigenvalue weighted by molar-refractivity contribution is 0.0654. The van der Waals surface area contributed by atoms with Crippen LogP contribution in [-0.4, -0.2) is 41.9 Å². The second kappa shape index (κ2) is 8.98. The number of nitrogens with zero attached hydrogens (tertiary/aromatic N) is 3. The van der Waals surface area contributed by atoms with Crippen LogP contribution in [0.25, 0.3) is 0 Å². The summed E-state index contributed by atoms with van der Waals surface area (Å²) in [5.41, 5.74) is 3.78. The van der Waals surface area contributed by atoms with E-state index in [1.165, 1.54) is 0 Å². The van der Waals surface area contributed by atoms with Crippen LogP contribution < -0.4 is 11.3 Å². The largest absolute Gasteiger partial charge is 0.382 e. The molecule has 1 unspecified atom stereocenters. The number of hydrogen-bond acceptors (Lipinski definition) is 6. The molecule has 0 spiro atoms. The standard InChI is InChI=1S/C11H23N5O2/c1-3-5-16-11(9-13-15-16)10(14-12)4-6-18-8-7-17-2/h9-10,14H,3-8,12H2,1-2H3. The molecule has 0 saturated heterocycles. The van der Waals surface area contributed by atoms with Gasteiger partial charge in [0.15, 0.2) is 0 Å². The molecule has 0 saturated carbocycles. The number of nitrogens with one attached hydrogen (secondary N) is 1. The quantitative estimate of drug-likeness (QED) is 0.355. The lowest BCUT2D eigenvalue weighted by atomic mass is 10.1. The first-order valence-corrected chi connectivity index (χ1v) is 6.24. The van der Waals surface area contributed by atoms with Crippen molar-refractivity contribution in [2.45, 2.75) is 32.4 Å². The van der Waals surface area contributed by atoms with Crippen LogP contribution in [0, 0.1) is 0 Å². The Kier molecular flexibility index (Phi) is 7.51. The molecule has 1 aromatic heterocycles. The van der Waals surface area contributed by atoms with Gasteiger partial charge in [-0.05, 0) is 12.8 Å². The number of hydrogen-bond donors (Lipinski definition) is 2. The first kappa shape index (κ1) is 15.0. The van der Waals surface area contributed by atoms with E-state index in [1.807, 2.05) is 4.68 Å². The zero-order valence-corrected chi connectivity index (χ0v) is 11.1. The Labute approximate surface area is 108 Å². The number of rotatable bonds is 10. The summed E-state index contributed by atoms with van der Waals surface area (Å²) in [5, 5.41) is 7.97. The van der Waals surface area contributed by atoms with Crippen molar-refractivity contribution in [1.82, 2.24) is 20.4 Å². The van der Waals surface area contributed by atoms with Gasteiger partial charge in [0.2, 0.25) is 0 Å². The zero-order chi connectivity index (χ0) is 13.2. The predicted octanol–water partition coefficient (Wildman–Crippen LogP) is 0.246. The third-order valence-corrected chi connectivity index (χ3v) is 2.62. The highest BCUT2D eigenvalue weighted by atomic mass is 16.5. The van der Waals surface area contributed by atoms with Crippen LogP contribution in [0.2, 0.25) is 0 Å². The molecule has 0 amide bonds. The maximum atomic E-state index is 5.57. The second-order valence-corrected chi connectivity index (χ2v) is 4.00. The number of aryl methyl sites for hydroxylation is 1. The minimum atomic E-state index is 0.00842. The van der Waals surface area contributed by atoms with Crippen LogP contribution in [0.5, 0.6) is 0 Å². The third kappa shape index (κ3) is 4.69. The molecule has 0 bridgehead atoms. The van der Waals surface area contributed by atoms with Gasteiger partial charge in [-0.15, -0.1) is 5.10 Å². The number of ether oxygens (including phenoxy) is 2. The fourth-order valence-electron chi connectivity index (χ4n) is 1.68. The highest BCUT2D eigenvalue weighted by Gasteiger charge is 2.15. The van der Waals surface area contributed by atoms with Crippen LogP contribution in [0.4, 0.5) is 0 Å². The number of nitrogens with two attached hydrogens (primary N) is 1. The molecule has 7 heteroatoms. The Morgan fingerprint density at radius 1 is 1.44 bits per heavy atom. The van der Waals surface area contributed by atoms with Gasteiger partial charge in [0.1, 0.15) is 0 Å². The molecule has 0 aliphatic heterocycles. The molecule has 0 aromatic carbocycles. The van der Waals surface area contributed by atoms with E-state index in [2.05, 4.69) is 22.7 Å². The maximum absolute atomic E-state index is 5.57. The van der Waals surface area contributed by atoms with Crippen LogP contribution in [0.3, 0.4) is 0 Å². The van der Waals surface area contributed by atoms with Crippen molar-refractivity contribution < 1.29 is 9.47 Å². The molecule has 1 heterocycles. The minimum absolute atomic E-state index is 0.00842. The van der Waals surface area contributed by atoms with Gasteiger partial charge in [-0.3, -0.25) is 11.3 Å². The molecule has 0 radical (unpaired) electrons. The van der Waals surface area contributed by atoms with Crippen molar-refractivity contribution in [3.63, 3.8) is 0 Å². The van der Waals surface area contributed by atoms with Gasteiger partial charge in [0.05, 0.1) is 31.1 Å². The first-order chi connectivity index (χ1) is 8.83. The monoisotopic (exact) mass is 257 g/mol. The van der Waals surface area contributed by atoms with E-state index >= 15 is 0 Å². The maximum Gasteiger partial charge on any atom is 0.0770 e. The molecule has 1 atom stereocenters. The first-order valence-electron chi connectivity index (χ1n) is 6.24.